The third kappa shape index (κ3) is 1.82. The molecule has 0 saturated carbocycles. The molecule has 0 unspecified atom stereocenters. The predicted octanol–water partition coefficient (Wildman–Crippen LogP) is 1.72. The second-order valence-corrected chi connectivity index (χ2v) is 4.15. The molecule has 0 aliphatic carbocycles. The molecule has 0 radical (unpaired) electrons. The predicted molar refractivity (Wildman–Crippen MR) is 64.1 cm³/mol. The van der Waals surface area contributed by atoms with Crippen LogP contribution in [0.25, 0.3) is 5.69 Å². The van der Waals surface area contributed by atoms with Gasteiger partial charge in [-0.15, -0.1) is 0 Å². The molecule has 1 amide bonds. The molecule has 1 aromatic heterocycles. The van der Waals surface area contributed by atoms with E-state index in [0.717, 1.165) is 25.2 Å². The quantitative estimate of drug-likeness (QED) is 0.783. The highest BCUT2D eigenvalue weighted by Gasteiger charge is 2.22. The molecular formula is C13H13N3O. The summed E-state index contributed by atoms with van der Waals surface area (Å²) in [7, 11) is 0. The molecule has 17 heavy (non-hydrogen) atoms. The van der Waals surface area contributed by atoms with Gasteiger partial charge in [-0.25, -0.2) is 4.68 Å². The number of amides is 1. The van der Waals surface area contributed by atoms with Crippen LogP contribution in [0.4, 0.5) is 0 Å². The maximum atomic E-state index is 11.9. The van der Waals surface area contributed by atoms with Crippen LogP contribution in [0.3, 0.4) is 0 Å². The van der Waals surface area contributed by atoms with Gasteiger partial charge in [-0.2, -0.15) is 5.10 Å². The van der Waals surface area contributed by atoms with Crippen LogP contribution in [0.5, 0.6) is 0 Å². The first-order valence-electron chi connectivity index (χ1n) is 5.74. The third-order valence-electron chi connectivity index (χ3n) is 2.99. The van der Waals surface area contributed by atoms with E-state index in [0.29, 0.717) is 5.56 Å². The van der Waals surface area contributed by atoms with Crippen molar-refractivity contribution in [1.82, 2.24) is 14.7 Å². The zero-order valence-corrected chi connectivity index (χ0v) is 9.41. The molecule has 3 rings (SSSR count). The maximum Gasteiger partial charge on any atom is 0.257 e. The Bertz CT molecular complexity index is 529. The monoisotopic (exact) mass is 227 g/mol. The molecule has 0 bridgehead atoms. The van der Waals surface area contributed by atoms with Crippen LogP contribution >= 0.6 is 0 Å². The molecule has 1 fully saturated rings. The number of benzene rings is 1. The molecule has 0 atom stereocenters. The molecule has 2 aromatic rings. The first kappa shape index (κ1) is 10.1. The second kappa shape index (κ2) is 4.05. The van der Waals surface area contributed by atoms with Crippen LogP contribution in [-0.4, -0.2) is 33.7 Å². The number of nitrogens with zero attached hydrogens (tertiary/aromatic N) is 3. The SMILES string of the molecule is O=C(c1cnn(-c2ccccc2)c1)N1CCC1. The molecule has 2 heterocycles. The molecule has 0 spiro atoms. The number of hydrogen-bond acceptors (Lipinski definition) is 2. The lowest BCUT2D eigenvalue weighted by Crippen LogP contribution is -2.41. The Morgan fingerprint density at radius 2 is 1.94 bits per heavy atom. The van der Waals surface area contributed by atoms with Crippen molar-refractivity contribution in [3.63, 3.8) is 0 Å². The summed E-state index contributed by atoms with van der Waals surface area (Å²) < 4.78 is 1.73. The summed E-state index contributed by atoms with van der Waals surface area (Å²) >= 11 is 0. The van der Waals surface area contributed by atoms with Crippen molar-refractivity contribution < 1.29 is 4.79 Å². The number of rotatable bonds is 2. The van der Waals surface area contributed by atoms with Gasteiger partial charge in [0, 0.05) is 19.3 Å². The Hall–Kier alpha value is -2.10. The summed E-state index contributed by atoms with van der Waals surface area (Å²) in [5.41, 5.74) is 1.63. The van der Waals surface area contributed by atoms with Crippen LogP contribution in [0.1, 0.15) is 16.8 Å². The van der Waals surface area contributed by atoms with Crippen molar-refractivity contribution in [2.24, 2.45) is 0 Å². The fourth-order valence-electron chi connectivity index (χ4n) is 1.86. The van der Waals surface area contributed by atoms with Crippen LogP contribution in [0.2, 0.25) is 0 Å². The molecule has 1 aliphatic heterocycles. The smallest absolute Gasteiger partial charge is 0.257 e. The van der Waals surface area contributed by atoms with Crippen LogP contribution in [0.15, 0.2) is 42.7 Å². The molecule has 86 valence electrons. The van der Waals surface area contributed by atoms with Crippen molar-refractivity contribution in [3.8, 4) is 5.69 Å². The van der Waals surface area contributed by atoms with Crippen molar-refractivity contribution in [2.75, 3.05) is 13.1 Å². The van der Waals surface area contributed by atoms with Gasteiger partial charge in [-0.1, -0.05) is 18.2 Å². The van der Waals surface area contributed by atoms with Gasteiger partial charge in [-0.3, -0.25) is 4.79 Å². The molecule has 4 heteroatoms. The summed E-state index contributed by atoms with van der Waals surface area (Å²) in [5.74, 6) is 0.0819. The van der Waals surface area contributed by atoms with E-state index in [1.165, 1.54) is 0 Å². The standard InChI is InChI=1S/C13H13N3O/c17-13(15-7-4-8-15)11-9-14-16(10-11)12-5-2-1-3-6-12/h1-3,5-6,9-10H,4,7-8H2. The highest BCUT2D eigenvalue weighted by Crippen LogP contribution is 2.13. The van der Waals surface area contributed by atoms with Crippen molar-refractivity contribution >= 4 is 5.91 Å². The van der Waals surface area contributed by atoms with E-state index in [2.05, 4.69) is 5.10 Å². The minimum atomic E-state index is 0.0819. The van der Waals surface area contributed by atoms with Gasteiger partial charge >= 0.3 is 0 Å². The highest BCUT2D eigenvalue weighted by atomic mass is 16.2. The first-order chi connectivity index (χ1) is 8.34. The molecule has 1 aliphatic rings. The largest absolute Gasteiger partial charge is 0.338 e. The van der Waals surface area contributed by atoms with Gasteiger partial charge in [0.15, 0.2) is 0 Å². The topological polar surface area (TPSA) is 38.1 Å². The molecule has 0 N–H and O–H groups in total. The second-order valence-electron chi connectivity index (χ2n) is 4.15. The van der Waals surface area contributed by atoms with Crippen LogP contribution in [-0.2, 0) is 0 Å². The van der Waals surface area contributed by atoms with Gasteiger partial charge in [0.25, 0.3) is 5.91 Å². The minimum absolute atomic E-state index is 0.0819. The van der Waals surface area contributed by atoms with Crippen molar-refractivity contribution in [1.29, 1.82) is 0 Å². The van der Waals surface area contributed by atoms with Crippen molar-refractivity contribution in [3.05, 3.63) is 48.3 Å². The number of hydrogen-bond donors (Lipinski definition) is 0. The molecule has 1 aromatic carbocycles. The van der Waals surface area contributed by atoms with E-state index < -0.39 is 0 Å². The van der Waals surface area contributed by atoms with Gasteiger partial charge in [0.2, 0.25) is 0 Å². The Morgan fingerprint density at radius 1 is 1.18 bits per heavy atom. The van der Waals surface area contributed by atoms with Gasteiger partial charge in [0.05, 0.1) is 17.4 Å². The highest BCUT2D eigenvalue weighted by molar-refractivity contribution is 5.94. The average molecular weight is 227 g/mol. The average Bonchev–Trinajstić information content (AvgIpc) is 2.77. The summed E-state index contributed by atoms with van der Waals surface area (Å²) in [6.45, 7) is 1.74. The van der Waals surface area contributed by atoms with E-state index in [1.807, 2.05) is 35.2 Å². The summed E-state index contributed by atoms with van der Waals surface area (Å²) in [4.78, 5) is 13.8. The summed E-state index contributed by atoms with van der Waals surface area (Å²) in [6, 6.07) is 9.79. The number of para-hydroxylation sites is 1. The molecule has 4 nitrogen and oxygen atoms in total. The first-order valence-corrected chi connectivity index (χ1v) is 5.74. The minimum Gasteiger partial charge on any atom is -0.338 e. The van der Waals surface area contributed by atoms with Crippen LogP contribution < -0.4 is 0 Å². The lowest BCUT2D eigenvalue weighted by molar-refractivity contribution is 0.0652. The Morgan fingerprint density at radius 3 is 2.59 bits per heavy atom. The van der Waals surface area contributed by atoms with E-state index in [4.69, 9.17) is 0 Å². The maximum absolute atomic E-state index is 11.9. The molecule has 1 saturated heterocycles. The van der Waals surface area contributed by atoms with E-state index >= 15 is 0 Å². The number of carbonyl (C=O) groups is 1. The number of carbonyl (C=O) groups excluding carboxylic acids is 1. The van der Waals surface area contributed by atoms with E-state index in [9.17, 15) is 4.79 Å². The van der Waals surface area contributed by atoms with Gasteiger partial charge < -0.3 is 4.90 Å². The number of aromatic nitrogens is 2. The Labute approximate surface area is 99.5 Å². The summed E-state index contributed by atoms with van der Waals surface area (Å²) in [5, 5.41) is 4.22. The molecular weight excluding hydrogens is 214 g/mol. The lowest BCUT2D eigenvalue weighted by atomic mass is 10.2. The Balaban J connectivity index is 1.85. The third-order valence-corrected chi connectivity index (χ3v) is 2.99. The number of likely N-dealkylation sites (tertiary alicyclic amines) is 1. The van der Waals surface area contributed by atoms with E-state index in [1.54, 1.807) is 17.1 Å². The zero-order valence-electron chi connectivity index (χ0n) is 9.41. The lowest BCUT2D eigenvalue weighted by Gasteiger charge is -2.30. The zero-order chi connectivity index (χ0) is 11.7. The summed E-state index contributed by atoms with van der Waals surface area (Å²) in [6.07, 6.45) is 4.53. The van der Waals surface area contributed by atoms with Gasteiger partial charge in [-0.05, 0) is 18.6 Å². The normalized spacial score (nSPS) is 14.5. The fraction of sp³-hybridized carbons (Fsp3) is 0.231. The fourth-order valence-corrected chi connectivity index (χ4v) is 1.86. The van der Waals surface area contributed by atoms with Gasteiger partial charge in [0.1, 0.15) is 0 Å². The van der Waals surface area contributed by atoms with E-state index in [-0.39, 0.29) is 5.91 Å². The Kier molecular flexibility index (Phi) is 2.40. The van der Waals surface area contributed by atoms with Crippen LogP contribution in [0, 0.1) is 0 Å². The van der Waals surface area contributed by atoms with Crippen molar-refractivity contribution in [2.45, 2.75) is 6.42 Å².